The van der Waals surface area contributed by atoms with Crippen molar-refractivity contribution >= 4 is 47.0 Å². The van der Waals surface area contributed by atoms with Crippen molar-refractivity contribution in [3.05, 3.63) is 93.7 Å². The smallest absolute Gasteiger partial charge is 0.248 e. The van der Waals surface area contributed by atoms with E-state index in [1.165, 1.54) is 17.7 Å². The SMILES string of the molecule is CCc1ccc(/C=N/Nc2nc(Nc3ccc(Cl)cc3)nc(-c3c(F)cccc3Cl)n2)cc1. The van der Waals surface area contributed by atoms with E-state index in [-0.39, 0.29) is 28.3 Å². The second-order valence-electron chi connectivity index (χ2n) is 7.00. The summed E-state index contributed by atoms with van der Waals surface area (Å²) >= 11 is 12.2. The van der Waals surface area contributed by atoms with Crippen LogP contribution < -0.4 is 10.7 Å². The van der Waals surface area contributed by atoms with Gasteiger partial charge in [0.2, 0.25) is 11.9 Å². The second-order valence-corrected chi connectivity index (χ2v) is 7.84. The van der Waals surface area contributed by atoms with Gasteiger partial charge in [-0.3, -0.25) is 0 Å². The molecule has 6 nitrogen and oxygen atoms in total. The molecule has 0 aliphatic carbocycles. The molecule has 0 bridgehead atoms. The predicted octanol–water partition coefficient (Wildman–Crippen LogP) is 6.74. The van der Waals surface area contributed by atoms with Crippen molar-refractivity contribution in [2.75, 3.05) is 10.7 Å². The Hall–Kier alpha value is -3.55. The molecule has 4 rings (SSSR count). The van der Waals surface area contributed by atoms with Gasteiger partial charge in [-0.25, -0.2) is 9.82 Å². The van der Waals surface area contributed by atoms with Gasteiger partial charge in [0.25, 0.3) is 0 Å². The number of nitrogens with zero attached hydrogens (tertiary/aromatic N) is 4. The third kappa shape index (κ3) is 5.83. The number of nitrogens with one attached hydrogen (secondary N) is 2. The molecule has 0 saturated heterocycles. The molecule has 0 spiro atoms. The summed E-state index contributed by atoms with van der Waals surface area (Å²) in [4.78, 5) is 13.0. The number of benzene rings is 3. The molecule has 1 aromatic heterocycles. The van der Waals surface area contributed by atoms with Gasteiger partial charge in [0.1, 0.15) is 5.82 Å². The topological polar surface area (TPSA) is 75.1 Å². The van der Waals surface area contributed by atoms with E-state index in [4.69, 9.17) is 23.2 Å². The Balaban J connectivity index is 1.65. The lowest BCUT2D eigenvalue weighted by molar-refractivity contribution is 0.630. The Bertz CT molecular complexity index is 1260. The summed E-state index contributed by atoms with van der Waals surface area (Å²) in [6.07, 6.45) is 2.61. The molecule has 0 saturated carbocycles. The molecule has 0 fully saturated rings. The zero-order valence-electron chi connectivity index (χ0n) is 17.6. The summed E-state index contributed by atoms with van der Waals surface area (Å²) < 4.78 is 14.5. The highest BCUT2D eigenvalue weighted by Gasteiger charge is 2.16. The molecule has 1 heterocycles. The first-order valence-corrected chi connectivity index (χ1v) is 10.9. The normalized spacial score (nSPS) is 11.0. The van der Waals surface area contributed by atoms with E-state index >= 15 is 0 Å². The molecule has 3 aromatic carbocycles. The third-order valence-electron chi connectivity index (χ3n) is 4.69. The minimum atomic E-state index is -0.545. The fourth-order valence-corrected chi connectivity index (χ4v) is 3.34. The predicted molar refractivity (Wildman–Crippen MR) is 132 cm³/mol. The van der Waals surface area contributed by atoms with E-state index in [0.717, 1.165) is 12.0 Å². The fourth-order valence-electron chi connectivity index (χ4n) is 2.97. The lowest BCUT2D eigenvalue weighted by Crippen LogP contribution is -2.06. The molecule has 33 heavy (non-hydrogen) atoms. The number of anilines is 3. The Morgan fingerprint density at radius 2 is 1.64 bits per heavy atom. The van der Waals surface area contributed by atoms with Crippen LogP contribution in [0.25, 0.3) is 11.4 Å². The maximum atomic E-state index is 14.5. The van der Waals surface area contributed by atoms with Crippen LogP contribution >= 0.6 is 23.2 Å². The summed E-state index contributed by atoms with van der Waals surface area (Å²) in [5.74, 6) is -0.171. The molecule has 4 aromatic rings. The standard InChI is InChI=1S/C24H19Cl2FN6/c1-2-15-6-8-16(9-7-15)14-28-33-24-31-22(21-19(26)4-3-5-20(21)27)30-23(32-24)29-18-12-10-17(25)11-13-18/h3-14H,2H2,1H3,(H2,29,30,31,32,33)/b28-14+. The van der Waals surface area contributed by atoms with E-state index in [2.05, 4.69) is 37.7 Å². The quantitative estimate of drug-likeness (QED) is 0.226. The molecular formula is C24H19Cl2FN6. The van der Waals surface area contributed by atoms with Crippen LogP contribution in [0.15, 0.2) is 71.8 Å². The fraction of sp³-hybridized carbons (Fsp3) is 0.0833. The maximum Gasteiger partial charge on any atom is 0.248 e. The Morgan fingerprint density at radius 1 is 0.909 bits per heavy atom. The van der Waals surface area contributed by atoms with Crippen molar-refractivity contribution in [3.63, 3.8) is 0 Å². The van der Waals surface area contributed by atoms with Crippen molar-refractivity contribution < 1.29 is 4.39 Å². The third-order valence-corrected chi connectivity index (χ3v) is 5.26. The van der Waals surface area contributed by atoms with Gasteiger partial charge in [-0.2, -0.15) is 20.1 Å². The van der Waals surface area contributed by atoms with E-state index in [1.807, 2.05) is 24.3 Å². The maximum absolute atomic E-state index is 14.5. The van der Waals surface area contributed by atoms with E-state index in [9.17, 15) is 4.39 Å². The van der Waals surface area contributed by atoms with Gasteiger partial charge in [-0.05, 0) is 53.9 Å². The van der Waals surface area contributed by atoms with Gasteiger partial charge in [-0.1, -0.05) is 60.5 Å². The lowest BCUT2D eigenvalue weighted by atomic mass is 10.1. The van der Waals surface area contributed by atoms with Crippen molar-refractivity contribution in [1.29, 1.82) is 0 Å². The minimum Gasteiger partial charge on any atom is -0.324 e. The number of rotatable bonds is 7. The molecule has 0 amide bonds. The molecule has 2 N–H and O–H groups in total. The first kappa shape index (κ1) is 22.6. The van der Waals surface area contributed by atoms with Crippen LogP contribution in [-0.2, 0) is 6.42 Å². The molecule has 0 radical (unpaired) electrons. The van der Waals surface area contributed by atoms with Crippen molar-refractivity contribution in [2.45, 2.75) is 13.3 Å². The van der Waals surface area contributed by atoms with Crippen LogP contribution in [-0.4, -0.2) is 21.2 Å². The summed E-state index contributed by atoms with van der Waals surface area (Å²) in [5, 5.41) is 8.05. The lowest BCUT2D eigenvalue weighted by Gasteiger charge is -2.10. The average Bonchev–Trinajstić information content (AvgIpc) is 2.81. The highest BCUT2D eigenvalue weighted by atomic mass is 35.5. The van der Waals surface area contributed by atoms with Crippen molar-refractivity contribution in [2.24, 2.45) is 5.10 Å². The van der Waals surface area contributed by atoms with Crippen LogP contribution in [0.3, 0.4) is 0 Å². The van der Waals surface area contributed by atoms with Crippen LogP contribution in [0.2, 0.25) is 10.0 Å². The van der Waals surface area contributed by atoms with Crippen LogP contribution in [0.4, 0.5) is 22.0 Å². The highest BCUT2D eigenvalue weighted by Crippen LogP contribution is 2.29. The van der Waals surface area contributed by atoms with E-state index < -0.39 is 5.82 Å². The van der Waals surface area contributed by atoms with Gasteiger partial charge in [-0.15, -0.1) is 0 Å². The Morgan fingerprint density at radius 3 is 2.33 bits per heavy atom. The molecule has 0 aliphatic rings. The largest absolute Gasteiger partial charge is 0.324 e. The number of aryl methyl sites for hydroxylation is 1. The molecular weight excluding hydrogens is 462 g/mol. The van der Waals surface area contributed by atoms with Gasteiger partial charge >= 0.3 is 0 Å². The number of hydrazone groups is 1. The first-order chi connectivity index (χ1) is 16.0. The van der Waals surface area contributed by atoms with Gasteiger partial charge in [0, 0.05) is 10.7 Å². The van der Waals surface area contributed by atoms with Crippen molar-refractivity contribution in [1.82, 2.24) is 15.0 Å². The zero-order valence-corrected chi connectivity index (χ0v) is 19.1. The summed E-state index contributed by atoms with van der Waals surface area (Å²) in [6, 6.07) is 19.4. The molecule has 166 valence electrons. The molecule has 0 unspecified atom stereocenters. The Kier molecular flexibility index (Phi) is 7.12. The molecule has 9 heteroatoms. The highest BCUT2D eigenvalue weighted by molar-refractivity contribution is 6.33. The number of hydrogen-bond acceptors (Lipinski definition) is 6. The monoisotopic (exact) mass is 480 g/mol. The van der Waals surface area contributed by atoms with Crippen LogP contribution in [0.1, 0.15) is 18.1 Å². The summed E-state index contributed by atoms with van der Waals surface area (Å²) in [6.45, 7) is 2.10. The average molecular weight is 481 g/mol. The second kappa shape index (κ2) is 10.4. The summed E-state index contributed by atoms with van der Waals surface area (Å²) in [5.41, 5.74) is 5.70. The van der Waals surface area contributed by atoms with E-state index in [0.29, 0.717) is 10.7 Å². The molecule has 0 atom stereocenters. The molecule has 0 aliphatic heterocycles. The summed E-state index contributed by atoms with van der Waals surface area (Å²) in [7, 11) is 0. The number of hydrogen-bond donors (Lipinski definition) is 2. The van der Waals surface area contributed by atoms with Crippen LogP contribution in [0.5, 0.6) is 0 Å². The van der Waals surface area contributed by atoms with Crippen LogP contribution in [0, 0.1) is 5.82 Å². The first-order valence-electron chi connectivity index (χ1n) is 10.1. The van der Waals surface area contributed by atoms with Gasteiger partial charge in [0.05, 0.1) is 16.8 Å². The zero-order chi connectivity index (χ0) is 23.2. The number of halogens is 3. The Labute approximate surface area is 200 Å². The van der Waals surface area contributed by atoms with Crippen molar-refractivity contribution in [3.8, 4) is 11.4 Å². The van der Waals surface area contributed by atoms with E-state index in [1.54, 1.807) is 36.5 Å². The van der Waals surface area contributed by atoms with Gasteiger partial charge in [0.15, 0.2) is 5.82 Å². The van der Waals surface area contributed by atoms with Gasteiger partial charge < -0.3 is 5.32 Å². The number of aromatic nitrogens is 3. The minimum absolute atomic E-state index is 0.0644.